The third kappa shape index (κ3) is 3.10. The lowest BCUT2D eigenvalue weighted by molar-refractivity contribution is 0.354. The molecule has 0 heterocycles. The molecule has 1 unspecified atom stereocenters. The van der Waals surface area contributed by atoms with Crippen molar-refractivity contribution in [1.82, 2.24) is 3.88 Å². The molecule has 0 saturated carbocycles. The number of hydrogen-bond donors (Lipinski definition) is 0. The van der Waals surface area contributed by atoms with E-state index >= 15 is 0 Å². The third-order valence-electron chi connectivity index (χ3n) is 2.13. The molecule has 9 heavy (non-hydrogen) atoms. The van der Waals surface area contributed by atoms with Gasteiger partial charge in [-0.1, -0.05) is 20.3 Å². The molecule has 0 aliphatic rings. The minimum absolute atomic E-state index is 0.115. The van der Waals surface area contributed by atoms with Crippen molar-refractivity contribution >= 4 is 48.7 Å². The molecule has 1 atom stereocenters. The van der Waals surface area contributed by atoms with Gasteiger partial charge >= 0.3 is 28.4 Å². The molecule has 0 N–H and O–H groups in total. The van der Waals surface area contributed by atoms with Crippen LogP contribution in [0.5, 0.6) is 0 Å². The zero-order valence-electron chi connectivity index (χ0n) is 6.74. The van der Waals surface area contributed by atoms with Gasteiger partial charge in [0.1, 0.15) is 0 Å². The van der Waals surface area contributed by atoms with Crippen molar-refractivity contribution < 1.29 is 0 Å². The van der Waals surface area contributed by atoms with Gasteiger partial charge in [-0.3, -0.25) is 0 Å². The first-order chi connectivity index (χ1) is 4.06. The molecule has 0 amide bonds. The molecule has 0 aromatic heterocycles. The van der Waals surface area contributed by atoms with Crippen molar-refractivity contribution in [1.29, 1.82) is 0 Å². The Kier molecular flexibility index (Phi) is 5.49. The summed E-state index contributed by atoms with van der Waals surface area (Å²) in [5.74, 6) is 0. The van der Waals surface area contributed by atoms with Gasteiger partial charge in [0.2, 0.25) is 0 Å². The number of nitrogens with zero attached hydrogens (tertiary/aromatic N) is 1. The van der Waals surface area contributed by atoms with E-state index in [4.69, 9.17) is 0 Å². The second-order valence-electron chi connectivity index (χ2n) is 2.88. The highest BCUT2D eigenvalue weighted by Gasteiger charge is 2.23. The number of halogens is 1. The molecule has 0 saturated heterocycles. The van der Waals surface area contributed by atoms with E-state index in [2.05, 4.69) is 45.1 Å². The van der Waals surface area contributed by atoms with Crippen molar-refractivity contribution in [3.8, 4) is 0 Å². The summed E-state index contributed by atoms with van der Waals surface area (Å²) in [5, 5.41) is 0. The first-order valence-electron chi connectivity index (χ1n) is 3.30. The summed E-state index contributed by atoms with van der Waals surface area (Å²) in [7, 11) is 2.24. The predicted octanol–water partition coefficient (Wildman–Crippen LogP) is 0.379. The summed E-state index contributed by atoms with van der Waals surface area (Å²) < 4.78 is 3.10. The molecule has 0 aliphatic carbocycles. The summed E-state index contributed by atoms with van der Waals surface area (Å²) in [6.07, 6.45) is 1.32. The van der Waals surface area contributed by atoms with Crippen molar-refractivity contribution in [3.05, 3.63) is 0 Å². The largest absolute Gasteiger partial charge is 0.399 e. The maximum atomic E-state index is 2.60. The van der Waals surface area contributed by atoms with E-state index < -0.39 is 0 Å². The Bertz CT molecular complexity index is 83.0. The van der Waals surface area contributed by atoms with Crippen LogP contribution >= 0.6 is 20.3 Å². The van der Waals surface area contributed by atoms with E-state index in [9.17, 15) is 0 Å². The van der Waals surface area contributed by atoms with E-state index in [0.29, 0.717) is 4.40 Å². The van der Waals surface area contributed by atoms with Gasteiger partial charge in [-0.15, -0.1) is 0 Å². The molecular weight excluding hydrogens is 255 g/mol. The monoisotopic (exact) mass is 269 g/mol. The Balaban J connectivity index is 3.92. The highest BCUT2D eigenvalue weighted by molar-refractivity contribution is 14.1. The van der Waals surface area contributed by atoms with Gasteiger partial charge in [-0.05, 0) is 11.4 Å². The molecule has 0 aromatic rings. The van der Waals surface area contributed by atoms with Crippen molar-refractivity contribution in [3.63, 3.8) is 0 Å². The van der Waals surface area contributed by atoms with E-state index in [0.717, 1.165) is 0 Å². The van der Waals surface area contributed by atoms with E-state index in [1.807, 2.05) is 0 Å². The molecule has 0 rings (SSSR count). The van der Waals surface area contributed by atoms with Crippen molar-refractivity contribution in [2.24, 2.45) is 0 Å². The quantitative estimate of drug-likeness (QED) is 0.529. The minimum Gasteiger partial charge on any atom is -0.399 e. The highest BCUT2D eigenvalue weighted by Crippen LogP contribution is 2.15. The molecule has 1 nitrogen and oxygen atoms in total. The standard InChI is InChI=1S/C5H11N.2Al.HI.3H/c1-4-5(2)6-3;;;;;;/h4H2,1-3H3;;;1H;;;/q-1;2*+1;;;;/p-1. The first-order valence-corrected chi connectivity index (χ1v) is 10.0. The normalized spacial score (nSPS) is 17.4. The molecule has 0 fully saturated rings. The zero-order valence-corrected chi connectivity index (χ0v) is 12.3. The minimum atomic E-state index is 0.115. The van der Waals surface area contributed by atoms with Gasteiger partial charge in [0.15, 0.2) is 0 Å². The van der Waals surface area contributed by atoms with Crippen LogP contribution in [0.15, 0.2) is 0 Å². The summed E-state index contributed by atoms with van der Waals surface area (Å²) in [5.41, 5.74) is 0. The van der Waals surface area contributed by atoms with Gasteiger partial charge in [0.05, 0.1) is 0 Å². The van der Waals surface area contributed by atoms with Crippen LogP contribution in [-0.2, 0) is 0 Å². The fraction of sp³-hybridized carbons (Fsp3) is 1.00. The van der Waals surface area contributed by atoms with Crippen LogP contribution in [0.3, 0.4) is 0 Å². The average Bonchev–Trinajstić information content (AvgIpc) is 1.86. The fourth-order valence-electron chi connectivity index (χ4n) is 0.530. The Labute approximate surface area is 83.6 Å². The van der Waals surface area contributed by atoms with Gasteiger partial charge in [-0.25, -0.2) is 20.3 Å². The topological polar surface area (TPSA) is 3.24 Å². The van der Waals surface area contributed by atoms with Crippen LogP contribution in [0.4, 0.5) is 0 Å². The van der Waals surface area contributed by atoms with Gasteiger partial charge in [0.25, 0.3) is 0 Å². The lowest BCUT2D eigenvalue weighted by Crippen LogP contribution is -2.45. The van der Waals surface area contributed by atoms with Crippen LogP contribution in [0.1, 0.15) is 20.3 Å². The zero-order chi connectivity index (χ0) is 7.49. The number of rotatable bonds is 3. The molecular formula is C5H14Al2IN. The van der Waals surface area contributed by atoms with Crippen LogP contribution in [0, 0.1) is 0 Å². The Hall–Kier alpha value is 1.75. The average molecular weight is 269 g/mol. The van der Waals surface area contributed by atoms with E-state index in [1.165, 1.54) is 22.9 Å². The predicted molar refractivity (Wildman–Crippen MR) is 56.2 cm³/mol. The second-order valence-corrected chi connectivity index (χ2v) is 8.30. The first kappa shape index (κ1) is 10.8. The van der Waals surface area contributed by atoms with Crippen LogP contribution in [0.25, 0.3) is 0 Å². The maximum absolute atomic E-state index is 2.60. The second kappa shape index (κ2) is 4.60. The molecule has 52 valence electrons. The maximum Gasteiger partial charge on any atom is 0.358 e. The summed E-state index contributed by atoms with van der Waals surface area (Å²) in [6, 6.07) is 0. The SMILES string of the molecule is CC[C](C)([AlH][I])[N](C)[AlH2]. The van der Waals surface area contributed by atoms with Crippen LogP contribution in [0.2, 0.25) is 0 Å². The smallest absolute Gasteiger partial charge is 0.358 e. The van der Waals surface area contributed by atoms with E-state index in [1.54, 1.807) is 0 Å². The van der Waals surface area contributed by atoms with Crippen LogP contribution in [-0.4, -0.2) is 43.8 Å². The lowest BCUT2D eigenvalue weighted by atomic mass is 10.2. The lowest BCUT2D eigenvalue weighted by Gasteiger charge is -2.34. The molecule has 0 aliphatic heterocycles. The van der Waals surface area contributed by atoms with Crippen LogP contribution < -0.4 is 0 Å². The van der Waals surface area contributed by atoms with Gasteiger partial charge in [-0.2, -0.15) is 0 Å². The molecule has 0 spiro atoms. The Morgan fingerprint density at radius 2 is 2.22 bits per heavy atom. The Morgan fingerprint density at radius 3 is 2.22 bits per heavy atom. The summed E-state index contributed by atoms with van der Waals surface area (Å²) in [6.45, 7) is 4.68. The summed E-state index contributed by atoms with van der Waals surface area (Å²) >= 11 is 3.92. The summed E-state index contributed by atoms with van der Waals surface area (Å²) in [4.78, 5) is 0. The fourth-order valence-corrected chi connectivity index (χ4v) is 7.34. The van der Waals surface area contributed by atoms with E-state index in [-0.39, 0.29) is 11.9 Å². The van der Waals surface area contributed by atoms with Gasteiger partial charge < -0.3 is 3.88 Å². The molecule has 0 bridgehead atoms. The molecule has 0 aromatic carbocycles. The molecule has 0 radical (unpaired) electrons. The highest BCUT2D eigenvalue weighted by atomic mass is 127. The number of hydrogen-bond acceptors (Lipinski definition) is 1. The Morgan fingerprint density at radius 1 is 1.78 bits per heavy atom. The molecule has 4 heteroatoms. The third-order valence-corrected chi connectivity index (χ3v) is 10.5. The van der Waals surface area contributed by atoms with Gasteiger partial charge in [0, 0.05) is 0 Å². The van der Waals surface area contributed by atoms with Crippen molar-refractivity contribution in [2.75, 3.05) is 7.05 Å². The van der Waals surface area contributed by atoms with Crippen molar-refractivity contribution in [2.45, 2.75) is 24.7 Å².